The molecule has 0 aromatic heterocycles. The van der Waals surface area contributed by atoms with E-state index in [0.717, 1.165) is 50.3 Å². The number of aryl methyl sites for hydroxylation is 2. The van der Waals surface area contributed by atoms with Gasteiger partial charge in [-0.1, -0.05) is 12.1 Å². The fourth-order valence-corrected chi connectivity index (χ4v) is 4.58. The molecule has 2 aliphatic heterocycles. The van der Waals surface area contributed by atoms with E-state index in [1.165, 1.54) is 18.4 Å². The van der Waals surface area contributed by atoms with Crippen molar-refractivity contribution in [3.8, 4) is 5.75 Å². The van der Waals surface area contributed by atoms with E-state index in [2.05, 4.69) is 49.3 Å². The molecule has 0 saturated carbocycles. The SMILES string of the molecule is Cc1ccc(C)c(OCCCN(C)C(=O)[C@H]2CC3(CCNCC3)CN2C)c1. The maximum atomic E-state index is 13.0. The second-order valence-electron chi connectivity index (χ2n) is 8.62. The van der Waals surface area contributed by atoms with Crippen molar-refractivity contribution >= 4 is 5.91 Å². The highest BCUT2D eigenvalue weighted by Crippen LogP contribution is 2.41. The first-order valence-corrected chi connectivity index (χ1v) is 10.3. The smallest absolute Gasteiger partial charge is 0.239 e. The second-order valence-corrected chi connectivity index (χ2v) is 8.62. The van der Waals surface area contributed by atoms with Crippen LogP contribution >= 0.6 is 0 Å². The van der Waals surface area contributed by atoms with Gasteiger partial charge in [0.2, 0.25) is 5.91 Å². The Balaban J connectivity index is 1.46. The Labute approximate surface area is 164 Å². The van der Waals surface area contributed by atoms with Gasteiger partial charge in [-0.3, -0.25) is 9.69 Å². The average molecular weight is 374 g/mol. The molecular formula is C22H35N3O2. The second kappa shape index (κ2) is 8.61. The van der Waals surface area contributed by atoms with Gasteiger partial charge in [0, 0.05) is 20.1 Å². The number of carbonyl (C=O) groups is 1. The van der Waals surface area contributed by atoms with E-state index in [1.807, 2.05) is 11.9 Å². The predicted molar refractivity (Wildman–Crippen MR) is 109 cm³/mol. The molecule has 27 heavy (non-hydrogen) atoms. The summed E-state index contributed by atoms with van der Waals surface area (Å²) in [5.41, 5.74) is 2.70. The van der Waals surface area contributed by atoms with Crippen LogP contribution in [0.15, 0.2) is 18.2 Å². The fraction of sp³-hybridized carbons (Fsp3) is 0.682. The molecule has 1 aromatic carbocycles. The van der Waals surface area contributed by atoms with Gasteiger partial charge in [0.05, 0.1) is 12.6 Å². The van der Waals surface area contributed by atoms with E-state index in [-0.39, 0.29) is 11.9 Å². The van der Waals surface area contributed by atoms with Crippen LogP contribution in [0.25, 0.3) is 0 Å². The third-order valence-electron chi connectivity index (χ3n) is 6.31. The van der Waals surface area contributed by atoms with Crippen molar-refractivity contribution in [2.75, 3.05) is 46.9 Å². The Bertz CT molecular complexity index is 655. The van der Waals surface area contributed by atoms with Crippen molar-refractivity contribution in [2.45, 2.75) is 45.6 Å². The molecule has 2 saturated heterocycles. The molecule has 1 N–H and O–H groups in total. The lowest BCUT2D eigenvalue weighted by molar-refractivity contribution is -0.134. The van der Waals surface area contributed by atoms with Crippen LogP contribution in [0.4, 0.5) is 0 Å². The minimum atomic E-state index is 0.0352. The Kier molecular flexibility index (Phi) is 6.43. The van der Waals surface area contributed by atoms with Crippen LogP contribution in [-0.4, -0.2) is 68.6 Å². The lowest BCUT2D eigenvalue weighted by atomic mass is 9.77. The van der Waals surface area contributed by atoms with Crippen LogP contribution in [0, 0.1) is 19.3 Å². The molecular weight excluding hydrogens is 338 g/mol. The molecule has 1 aromatic rings. The van der Waals surface area contributed by atoms with Crippen LogP contribution in [-0.2, 0) is 4.79 Å². The summed E-state index contributed by atoms with van der Waals surface area (Å²) < 4.78 is 5.93. The Hall–Kier alpha value is -1.59. The van der Waals surface area contributed by atoms with E-state index < -0.39 is 0 Å². The fourth-order valence-electron chi connectivity index (χ4n) is 4.58. The van der Waals surface area contributed by atoms with Gasteiger partial charge in [-0.25, -0.2) is 0 Å². The van der Waals surface area contributed by atoms with Gasteiger partial charge < -0.3 is 15.0 Å². The number of rotatable bonds is 6. The zero-order valence-electron chi connectivity index (χ0n) is 17.4. The maximum absolute atomic E-state index is 13.0. The maximum Gasteiger partial charge on any atom is 0.239 e. The number of nitrogens with one attached hydrogen (secondary N) is 1. The summed E-state index contributed by atoms with van der Waals surface area (Å²) in [4.78, 5) is 17.1. The van der Waals surface area contributed by atoms with Crippen LogP contribution in [0.1, 0.15) is 36.8 Å². The molecule has 1 atom stereocenters. The normalized spacial score (nSPS) is 22.1. The lowest BCUT2D eigenvalue weighted by Crippen LogP contribution is -2.43. The molecule has 150 valence electrons. The number of piperidine rings is 1. The molecule has 2 fully saturated rings. The van der Waals surface area contributed by atoms with Gasteiger partial charge in [-0.2, -0.15) is 0 Å². The van der Waals surface area contributed by atoms with E-state index >= 15 is 0 Å². The van der Waals surface area contributed by atoms with Crippen LogP contribution in [0.2, 0.25) is 0 Å². The minimum absolute atomic E-state index is 0.0352. The van der Waals surface area contributed by atoms with Crippen molar-refractivity contribution < 1.29 is 9.53 Å². The minimum Gasteiger partial charge on any atom is -0.493 e. The topological polar surface area (TPSA) is 44.8 Å². The number of ether oxygens (including phenoxy) is 1. The summed E-state index contributed by atoms with van der Waals surface area (Å²) in [5.74, 6) is 1.21. The van der Waals surface area contributed by atoms with E-state index in [1.54, 1.807) is 0 Å². The number of likely N-dealkylation sites (N-methyl/N-ethyl adjacent to an activating group) is 2. The quantitative estimate of drug-likeness (QED) is 0.779. The highest BCUT2D eigenvalue weighted by Gasteiger charge is 2.46. The van der Waals surface area contributed by atoms with Crippen LogP contribution < -0.4 is 10.1 Å². The van der Waals surface area contributed by atoms with E-state index in [9.17, 15) is 4.79 Å². The number of likely N-dealkylation sites (tertiary alicyclic amines) is 1. The summed E-state index contributed by atoms with van der Waals surface area (Å²) in [5, 5.41) is 3.44. The highest BCUT2D eigenvalue weighted by atomic mass is 16.5. The number of nitrogens with zero attached hydrogens (tertiary/aromatic N) is 2. The number of benzene rings is 1. The van der Waals surface area contributed by atoms with Gasteiger partial charge in [0.25, 0.3) is 0 Å². The lowest BCUT2D eigenvalue weighted by Gasteiger charge is -2.33. The first kappa shape index (κ1) is 20.2. The number of hydrogen-bond acceptors (Lipinski definition) is 4. The highest BCUT2D eigenvalue weighted by molar-refractivity contribution is 5.82. The standard InChI is InChI=1S/C22H35N3O2/c1-17-6-7-18(2)20(14-17)27-13-5-12-24(3)21(26)19-15-22(16-25(19)4)8-10-23-11-9-22/h6-7,14,19,23H,5,8-13,15-16H2,1-4H3/t19-/m1/s1. The van der Waals surface area contributed by atoms with E-state index in [4.69, 9.17) is 4.74 Å². The third-order valence-corrected chi connectivity index (χ3v) is 6.31. The molecule has 2 aliphatic rings. The van der Waals surface area contributed by atoms with Crippen molar-refractivity contribution in [2.24, 2.45) is 5.41 Å². The summed E-state index contributed by atoms with van der Waals surface area (Å²) in [6.45, 7) is 8.73. The van der Waals surface area contributed by atoms with Crippen molar-refractivity contribution in [3.63, 3.8) is 0 Å². The zero-order chi connectivity index (χ0) is 19.4. The molecule has 0 bridgehead atoms. The third kappa shape index (κ3) is 4.82. The molecule has 2 heterocycles. The number of carbonyl (C=O) groups excluding carboxylic acids is 1. The number of amides is 1. The molecule has 0 radical (unpaired) electrons. The first-order chi connectivity index (χ1) is 12.9. The largest absolute Gasteiger partial charge is 0.493 e. The Morgan fingerprint density at radius 2 is 2.07 bits per heavy atom. The monoisotopic (exact) mass is 373 g/mol. The summed E-state index contributed by atoms with van der Waals surface area (Å²) in [6.07, 6.45) is 4.23. The molecule has 0 aliphatic carbocycles. The molecule has 0 unspecified atom stereocenters. The predicted octanol–water partition coefficient (Wildman–Crippen LogP) is 2.60. The van der Waals surface area contributed by atoms with Crippen molar-refractivity contribution in [1.82, 2.24) is 15.1 Å². The van der Waals surface area contributed by atoms with Gasteiger partial charge in [0.15, 0.2) is 0 Å². The van der Waals surface area contributed by atoms with Crippen LogP contribution in [0.3, 0.4) is 0 Å². The first-order valence-electron chi connectivity index (χ1n) is 10.3. The summed E-state index contributed by atoms with van der Waals surface area (Å²) in [6, 6.07) is 6.30. The molecule has 5 heteroatoms. The van der Waals surface area contributed by atoms with Gasteiger partial charge >= 0.3 is 0 Å². The zero-order valence-corrected chi connectivity index (χ0v) is 17.4. The molecule has 1 spiro atoms. The molecule has 5 nitrogen and oxygen atoms in total. The summed E-state index contributed by atoms with van der Waals surface area (Å²) in [7, 11) is 4.04. The van der Waals surface area contributed by atoms with E-state index in [0.29, 0.717) is 12.0 Å². The summed E-state index contributed by atoms with van der Waals surface area (Å²) >= 11 is 0. The van der Waals surface area contributed by atoms with Gasteiger partial charge in [0.1, 0.15) is 5.75 Å². The average Bonchev–Trinajstić information content (AvgIpc) is 2.96. The van der Waals surface area contributed by atoms with Crippen LogP contribution in [0.5, 0.6) is 5.75 Å². The van der Waals surface area contributed by atoms with Crippen molar-refractivity contribution in [3.05, 3.63) is 29.3 Å². The number of hydrogen-bond donors (Lipinski definition) is 1. The van der Waals surface area contributed by atoms with Gasteiger partial charge in [-0.15, -0.1) is 0 Å². The Morgan fingerprint density at radius 3 is 2.81 bits per heavy atom. The Morgan fingerprint density at radius 1 is 1.33 bits per heavy atom. The van der Waals surface area contributed by atoms with Crippen molar-refractivity contribution in [1.29, 1.82) is 0 Å². The molecule has 3 rings (SSSR count). The van der Waals surface area contributed by atoms with Gasteiger partial charge in [-0.05, 0) is 82.3 Å². The molecule has 1 amide bonds.